The number of aliphatic hydroxyl groups is 1. The van der Waals surface area contributed by atoms with E-state index in [0.29, 0.717) is 6.42 Å². The normalized spacial score (nSPS) is 13.6. The summed E-state index contributed by atoms with van der Waals surface area (Å²) in [7, 11) is -3.97. The maximum absolute atomic E-state index is 13.5. The van der Waals surface area contributed by atoms with E-state index in [9.17, 15) is 12.8 Å². The fourth-order valence-electron chi connectivity index (χ4n) is 1.39. The Kier molecular flexibility index (Phi) is 5.52. The molecule has 0 aliphatic rings. The van der Waals surface area contributed by atoms with Gasteiger partial charge in [0.15, 0.2) is 0 Å². The number of aliphatic hydroxyl groups excluding tert-OH is 1. The summed E-state index contributed by atoms with van der Waals surface area (Å²) in [6.45, 7) is 1.87. The van der Waals surface area contributed by atoms with E-state index in [1.165, 1.54) is 12.1 Å². The molecule has 7 heteroatoms. The molecule has 1 rings (SSSR count). The standard InChI is InChI=1S/C11H15ClFNO3S/c1-8(5-6-15)7-14-18(16,17)11-9(12)3-2-4-10(11)13/h2-4,8,14-15H,5-7H2,1H3/t8-/m1/s1. The third kappa shape index (κ3) is 3.91. The van der Waals surface area contributed by atoms with Crippen molar-refractivity contribution >= 4 is 21.6 Å². The van der Waals surface area contributed by atoms with E-state index >= 15 is 0 Å². The lowest BCUT2D eigenvalue weighted by atomic mass is 10.1. The van der Waals surface area contributed by atoms with Gasteiger partial charge in [0.1, 0.15) is 10.7 Å². The molecule has 0 unspecified atom stereocenters. The molecule has 0 saturated carbocycles. The molecule has 0 aliphatic heterocycles. The largest absolute Gasteiger partial charge is 0.396 e. The van der Waals surface area contributed by atoms with Gasteiger partial charge in [-0.1, -0.05) is 24.6 Å². The van der Waals surface area contributed by atoms with Crippen LogP contribution in [0.2, 0.25) is 5.02 Å². The Labute approximate surface area is 111 Å². The summed E-state index contributed by atoms with van der Waals surface area (Å²) in [4.78, 5) is -0.539. The fraction of sp³-hybridized carbons (Fsp3) is 0.455. The lowest BCUT2D eigenvalue weighted by Crippen LogP contribution is -2.29. The number of sulfonamides is 1. The van der Waals surface area contributed by atoms with Crippen LogP contribution in [-0.4, -0.2) is 26.7 Å². The molecule has 0 spiro atoms. The summed E-state index contributed by atoms with van der Waals surface area (Å²) in [6.07, 6.45) is 0.466. The Hall–Kier alpha value is -0.690. The highest BCUT2D eigenvalue weighted by Gasteiger charge is 2.22. The summed E-state index contributed by atoms with van der Waals surface area (Å²) in [6, 6.07) is 3.69. The van der Waals surface area contributed by atoms with Gasteiger partial charge < -0.3 is 5.11 Å². The number of hydrogen-bond donors (Lipinski definition) is 2. The van der Waals surface area contributed by atoms with Crippen molar-refractivity contribution < 1.29 is 17.9 Å². The van der Waals surface area contributed by atoms with Gasteiger partial charge in [0.2, 0.25) is 10.0 Å². The van der Waals surface area contributed by atoms with E-state index < -0.39 is 20.7 Å². The maximum Gasteiger partial charge on any atom is 0.244 e. The lowest BCUT2D eigenvalue weighted by Gasteiger charge is -2.12. The Morgan fingerprint density at radius 3 is 2.72 bits per heavy atom. The molecule has 0 amide bonds. The third-order valence-corrected chi connectivity index (χ3v) is 4.36. The number of benzene rings is 1. The lowest BCUT2D eigenvalue weighted by molar-refractivity contribution is 0.263. The van der Waals surface area contributed by atoms with Crippen LogP contribution in [-0.2, 0) is 10.0 Å². The quantitative estimate of drug-likeness (QED) is 0.840. The van der Waals surface area contributed by atoms with Gasteiger partial charge in [0.25, 0.3) is 0 Å². The van der Waals surface area contributed by atoms with Crippen LogP contribution in [0.5, 0.6) is 0 Å². The summed E-state index contributed by atoms with van der Waals surface area (Å²) < 4.78 is 39.5. The van der Waals surface area contributed by atoms with Gasteiger partial charge in [-0.15, -0.1) is 0 Å². The van der Waals surface area contributed by atoms with Crippen LogP contribution < -0.4 is 4.72 Å². The second kappa shape index (κ2) is 6.47. The maximum atomic E-state index is 13.5. The summed E-state index contributed by atoms with van der Waals surface area (Å²) in [5.74, 6) is -0.930. The van der Waals surface area contributed by atoms with Gasteiger partial charge in [-0.25, -0.2) is 17.5 Å². The first-order valence-corrected chi connectivity index (χ1v) is 7.29. The molecule has 1 atom stereocenters. The van der Waals surface area contributed by atoms with Gasteiger partial charge in [-0.3, -0.25) is 0 Å². The van der Waals surface area contributed by atoms with Crippen LogP contribution in [0.25, 0.3) is 0 Å². The molecule has 1 aromatic rings. The van der Waals surface area contributed by atoms with Gasteiger partial charge in [-0.05, 0) is 24.5 Å². The second-order valence-corrected chi connectivity index (χ2v) is 6.13. The van der Waals surface area contributed by atoms with Gasteiger partial charge >= 0.3 is 0 Å². The highest BCUT2D eigenvalue weighted by Crippen LogP contribution is 2.23. The van der Waals surface area contributed by atoms with Crippen molar-refractivity contribution in [2.75, 3.05) is 13.2 Å². The minimum atomic E-state index is -3.97. The van der Waals surface area contributed by atoms with E-state index in [1.807, 2.05) is 0 Å². The van der Waals surface area contributed by atoms with Gasteiger partial charge in [-0.2, -0.15) is 0 Å². The van der Waals surface area contributed by atoms with Gasteiger partial charge in [0, 0.05) is 13.2 Å². The Morgan fingerprint density at radius 2 is 2.17 bits per heavy atom. The van der Waals surface area contributed by atoms with Crippen molar-refractivity contribution in [3.63, 3.8) is 0 Å². The molecule has 0 bridgehead atoms. The van der Waals surface area contributed by atoms with Crippen molar-refractivity contribution in [2.24, 2.45) is 5.92 Å². The Bertz CT molecular complexity index is 487. The van der Waals surface area contributed by atoms with Crippen molar-refractivity contribution in [2.45, 2.75) is 18.2 Å². The topological polar surface area (TPSA) is 66.4 Å². The molecule has 102 valence electrons. The SMILES string of the molecule is C[C@H](CCO)CNS(=O)(=O)c1c(F)cccc1Cl. The minimum Gasteiger partial charge on any atom is -0.396 e. The number of nitrogens with one attached hydrogen (secondary N) is 1. The molecule has 0 aliphatic carbocycles. The number of halogens is 2. The molecule has 2 N–H and O–H groups in total. The van der Waals surface area contributed by atoms with Crippen LogP contribution in [0.4, 0.5) is 4.39 Å². The van der Waals surface area contributed by atoms with Crippen molar-refractivity contribution in [1.82, 2.24) is 4.72 Å². The van der Waals surface area contributed by atoms with Crippen LogP contribution >= 0.6 is 11.6 Å². The van der Waals surface area contributed by atoms with Crippen LogP contribution in [0.3, 0.4) is 0 Å². The van der Waals surface area contributed by atoms with E-state index in [-0.39, 0.29) is 24.1 Å². The average Bonchev–Trinajstić information content (AvgIpc) is 2.26. The van der Waals surface area contributed by atoms with Crippen LogP contribution in [0, 0.1) is 11.7 Å². The van der Waals surface area contributed by atoms with E-state index in [2.05, 4.69) is 4.72 Å². The van der Waals surface area contributed by atoms with Crippen molar-refractivity contribution in [3.8, 4) is 0 Å². The average molecular weight is 296 g/mol. The molecular formula is C11H15ClFNO3S. The zero-order valence-corrected chi connectivity index (χ0v) is 11.4. The molecule has 4 nitrogen and oxygen atoms in total. The smallest absolute Gasteiger partial charge is 0.244 e. The summed E-state index contributed by atoms with van der Waals surface area (Å²) in [5.41, 5.74) is 0. The van der Waals surface area contributed by atoms with E-state index in [0.717, 1.165) is 6.07 Å². The zero-order chi connectivity index (χ0) is 13.8. The first-order chi connectivity index (χ1) is 8.38. The number of hydrogen-bond acceptors (Lipinski definition) is 3. The summed E-state index contributed by atoms with van der Waals surface area (Å²) in [5, 5.41) is 8.56. The Morgan fingerprint density at radius 1 is 1.50 bits per heavy atom. The highest BCUT2D eigenvalue weighted by atomic mass is 35.5. The zero-order valence-electron chi connectivity index (χ0n) is 9.86. The highest BCUT2D eigenvalue weighted by molar-refractivity contribution is 7.89. The molecule has 0 heterocycles. The predicted molar refractivity (Wildman–Crippen MR) is 67.5 cm³/mol. The molecular weight excluding hydrogens is 281 g/mol. The number of rotatable bonds is 6. The van der Waals surface area contributed by atoms with Crippen LogP contribution in [0.1, 0.15) is 13.3 Å². The van der Waals surface area contributed by atoms with Crippen molar-refractivity contribution in [3.05, 3.63) is 29.0 Å². The monoisotopic (exact) mass is 295 g/mol. The third-order valence-electron chi connectivity index (χ3n) is 2.43. The Balaban J connectivity index is 2.87. The molecule has 0 radical (unpaired) electrons. The fourth-order valence-corrected chi connectivity index (χ4v) is 3.15. The first kappa shape index (κ1) is 15.4. The summed E-state index contributed by atoms with van der Waals surface area (Å²) >= 11 is 5.69. The molecule has 0 fully saturated rings. The van der Waals surface area contributed by atoms with E-state index in [1.54, 1.807) is 6.92 Å². The van der Waals surface area contributed by atoms with Crippen molar-refractivity contribution in [1.29, 1.82) is 0 Å². The molecule has 0 saturated heterocycles. The molecule has 18 heavy (non-hydrogen) atoms. The molecule has 1 aromatic carbocycles. The first-order valence-electron chi connectivity index (χ1n) is 5.43. The second-order valence-electron chi connectivity index (χ2n) is 4.02. The minimum absolute atomic E-state index is 0.0245. The molecule has 0 aromatic heterocycles. The van der Waals surface area contributed by atoms with E-state index in [4.69, 9.17) is 16.7 Å². The van der Waals surface area contributed by atoms with Gasteiger partial charge in [0.05, 0.1) is 5.02 Å². The predicted octanol–water partition coefficient (Wildman–Crippen LogP) is 1.78. The van der Waals surface area contributed by atoms with Crippen LogP contribution in [0.15, 0.2) is 23.1 Å².